The number of ketones is 1. The van der Waals surface area contributed by atoms with Crippen LogP contribution in [0.2, 0.25) is 0 Å². The van der Waals surface area contributed by atoms with Crippen LogP contribution in [0.4, 0.5) is 0 Å². The predicted molar refractivity (Wildman–Crippen MR) is 64.6 cm³/mol. The summed E-state index contributed by atoms with van der Waals surface area (Å²) in [4.78, 5) is 27.3. The van der Waals surface area contributed by atoms with Gasteiger partial charge in [-0.2, -0.15) is 0 Å². The van der Waals surface area contributed by atoms with Gasteiger partial charge in [-0.05, 0) is 13.8 Å². The quantitative estimate of drug-likeness (QED) is 0.468. The molecule has 0 aliphatic carbocycles. The van der Waals surface area contributed by atoms with Crippen LogP contribution in [0.3, 0.4) is 0 Å². The lowest BCUT2D eigenvalue weighted by Gasteiger charge is -2.27. The second-order valence-electron chi connectivity index (χ2n) is 3.92. The molecule has 2 rings (SSSR count). The Labute approximate surface area is 101 Å². The highest BCUT2D eigenvalue weighted by Crippen LogP contribution is 2.32. The van der Waals surface area contributed by atoms with Gasteiger partial charge in [-0.25, -0.2) is 9.79 Å². The van der Waals surface area contributed by atoms with Crippen LogP contribution in [0, 0.1) is 0 Å². The Hall–Kier alpha value is -1.87. The summed E-state index contributed by atoms with van der Waals surface area (Å²) in [6.45, 7) is 5.01. The number of nitrogens with zero attached hydrogens (tertiary/aromatic N) is 3. The monoisotopic (exact) mass is 235 g/mol. The summed E-state index contributed by atoms with van der Waals surface area (Å²) in [5.41, 5.74) is 2.50. The molecule has 0 atom stereocenters. The predicted octanol–water partition coefficient (Wildman–Crippen LogP) is 1.25. The molecular formula is C12H17N3O2. The Morgan fingerprint density at radius 1 is 1.35 bits per heavy atom. The number of carbonyl (C=O) groups is 1. The summed E-state index contributed by atoms with van der Waals surface area (Å²) in [5.74, 6) is 1.27. The zero-order valence-corrected chi connectivity index (χ0v) is 10.6. The second kappa shape index (κ2) is 5.46. The lowest BCUT2D eigenvalue weighted by Crippen LogP contribution is -2.29. The first-order valence-electron chi connectivity index (χ1n) is 5.42. The van der Waals surface area contributed by atoms with Crippen LogP contribution >= 0.6 is 0 Å². The molecule has 5 heteroatoms. The van der Waals surface area contributed by atoms with Gasteiger partial charge in [-0.1, -0.05) is 0 Å². The summed E-state index contributed by atoms with van der Waals surface area (Å²) < 4.78 is 0. The fourth-order valence-corrected chi connectivity index (χ4v) is 1.86. The molecule has 2 heterocycles. The van der Waals surface area contributed by atoms with Crippen LogP contribution < -0.4 is 0 Å². The Morgan fingerprint density at radius 2 is 1.94 bits per heavy atom. The molecule has 0 aromatic heterocycles. The van der Waals surface area contributed by atoms with Gasteiger partial charge in [-0.15, -0.1) is 0 Å². The van der Waals surface area contributed by atoms with E-state index in [0.29, 0.717) is 6.42 Å². The van der Waals surface area contributed by atoms with Gasteiger partial charge in [0.15, 0.2) is 5.78 Å². The molecule has 0 fully saturated rings. The van der Waals surface area contributed by atoms with E-state index in [4.69, 9.17) is 4.79 Å². The number of rotatable bonds is 0. The molecule has 17 heavy (non-hydrogen) atoms. The molecule has 0 amide bonds. The number of aliphatic imine (C=N–C) groups is 1. The first-order chi connectivity index (χ1) is 8.02. The molecule has 2 aliphatic rings. The molecule has 0 saturated carbocycles. The zero-order valence-electron chi connectivity index (χ0n) is 10.6. The highest BCUT2D eigenvalue weighted by molar-refractivity contribution is 5.91. The molecule has 0 unspecified atom stereocenters. The van der Waals surface area contributed by atoms with Crippen molar-refractivity contribution in [3.63, 3.8) is 0 Å². The van der Waals surface area contributed by atoms with Gasteiger partial charge >= 0.3 is 0 Å². The maximum Gasteiger partial charge on any atom is 0.234 e. The summed E-state index contributed by atoms with van der Waals surface area (Å²) >= 11 is 0. The topological polar surface area (TPSA) is 53.0 Å². The molecule has 0 bridgehead atoms. The van der Waals surface area contributed by atoms with Crippen LogP contribution in [0.1, 0.15) is 20.3 Å². The van der Waals surface area contributed by atoms with Crippen molar-refractivity contribution < 1.29 is 9.59 Å². The molecule has 0 saturated heterocycles. The van der Waals surface area contributed by atoms with Gasteiger partial charge in [0.2, 0.25) is 6.08 Å². The molecule has 0 aromatic carbocycles. The Bertz CT molecular complexity index is 431. The summed E-state index contributed by atoms with van der Waals surface area (Å²) in [6, 6.07) is 0. The third-order valence-electron chi connectivity index (χ3n) is 3.01. The SMILES string of the molecule is CC1=C(C)N2CCC(=O)C=C2N1C.CN=C=O. The smallest absolute Gasteiger partial charge is 0.234 e. The lowest BCUT2D eigenvalue weighted by atomic mass is 10.2. The van der Waals surface area contributed by atoms with Gasteiger partial charge in [0.1, 0.15) is 5.82 Å². The highest BCUT2D eigenvalue weighted by atomic mass is 16.1. The van der Waals surface area contributed by atoms with Crippen molar-refractivity contribution in [1.82, 2.24) is 9.80 Å². The fourth-order valence-electron chi connectivity index (χ4n) is 1.86. The van der Waals surface area contributed by atoms with E-state index < -0.39 is 0 Å². The van der Waals surface area contributed by atoms with Gasteiger partial charge in [0.05, 0.1) is 0 Å². The third-order valence-corrected chi connectivity index (χ3v) is 3.01. The van der Waals surface area contributed by atoms with Crippen molar-refractivity contribution in [1.29, 1.82) is 0 Å². The van der Waals surface area contributed by atoms with Gasteiger partial charge in [-0.3, -0.25) is 4.79 Å². The number of hydrogen-bond acceptors (Lipinski definition) is 5. The van der Waals surface area contributed by atoms with Crippen LogP contribution in [-0.2, 0) is 9.59 Å². The van der Waals surface area contributed by atoms with Crippen molar-refractivity contribution in [2.75, 3.05) is 20.6 Å². The van der Waals surface area contributed by atoms with Crippen molar-refractivity contribution in [3.05, 3.63) is 23.3 Å². The van der Waals surface area contributed by atoms with Crippen LogP contribution in [0.5, 0.6) is 0 Å². The average Bonchev–Trinajstić information content (AvgIpc) is 2.55. The van der Waals surface area contributed by atoms with E-state index in [1.165, 1.54) is 24.5 Å². The van der Waals surface area contributed by atoms with E-state index in [9.17, 15) is 4.79 Å². The molecule has 92 valence electrons. The van der Waals surface area contributed by atoms with Crippen molar-refractivity contribution in [3.8, 4) is 0 Å². The fraction of sp³-hybridized carbons (Fsp3) is 0.500. The maximum atomic E-state index is 11.2. The maximum absolute atomic E-state index is 11.2. The average molecular weight is 235 g/mol. The summed E-state index contributed by atoms with van der Waals surface area (Å²) in [7, 11) is 3.39. The molecule has 0 radical (unpaired) electrons. The lowest BCUT2D eigenvalue weighted by molar-refractivity contribution is -0.115. The van der Waals surface area contributed by atoms with E-state index in [2.05, 4.69) is 28.6 Å². The van der Waals surface area contributed by atoms with Crippen molar-refractivity contribution >= 4 is 11.9 Å². The Kier molecular flexibility index (Phi) is 4.24. The standard InChI is InChI=1S/C10H14N2O.C2H3NO/c1-7-8(2)12-5-4-9(13)6-10(12)11(7)3;1-3-2-4/h6H,4-5H2,1-3H3;1H3. The number of isocyanates is 1. The minimum atomic E-state index is 0.237. The van der Waals surface area contributed by atoms with Crippen LogP contribution in [0.15, 0.2) is 28.3 Å². The largest absolute Gasteiger partial charge is 0.333 e. The molecule has 0 N–H and O–H groups in total. The van der Waals surface area contributed by atoms with Crippen LogP contribution in [-0.4, -0.2) is 42.3 Å². The van der Waals surface area contributed by atoms with E-state index in [1.807, 2.05) is 7.05 Å². The van der Waals surface area contributed by atoms with Crippen molar-refractivity contribution in [2.45, 2.75) is 20.3 Å². The minimum Gasteiger partial charge on any atom is -0.333 e. The van der Waals surface area contributed by atoms with E-state index in [-0.39, 0.29) is 5.78 Å². The van der Waals surface area contributed by atoms with E-state index >= 15 is 0 Å². The molecular weight excluding hydrogens is 218 g/mol. The van der Waals surface area contributed by atoms with Gasteiger partial charge < -0.3 is 9.80 Å². The van der Waals surface area contributed by atoms with E-state index in [0.717, 1.165) is 12.4 Å². The van der Waals surface area contributed by atoms with Gasteiger partial charge in [0, 0.05) is 44.5 Å². The first-order valence-corrected chi connectivity index (χ1v) is 5.42. The molecule has 0 spiro atoms. The number of fused-ring (bicyclic) bond motifs is 1. The number of allylic oxidation sites excluding steroid dienone is 3. The Balaban J connectivity index is 0.000000317. The number of hydrogen-bond donors (Lipinski definition) is 0. The Morgan fingerprint density at radius 3 is 2.47 bits per heavy atom. The zero-order chi connectivity index (χ0) is 13.0. The summed E-state index contributed by atoms with van der Waals surface area (Å²) in [5, 5.41) is 0. The van der Waals surface area contributed by atoms with Crippen LogP contribution in [0.25, 0.3) is 0 Å². The van der Waals surface area contributed by atoms with E-state index in [1.54, 1.807) is 6.08 Å². The highest BCUT2D eigenvalue weighted by Gasteiger charge is 2.29. The third kappa shape index (κ3) is 2.63. The number of carbonyl (C=O) groups excluding carboxylic acids is 2. The normalized spacial score (nSPS) is 18.1. The summed E-state index contributed by atoms with van der Waals surface area (Å²) in [6.07, 6.45) is 3.69. The molecule has 2 aliphatic heterocycles. The van der Waals surface area contributed by atoms with Gasteiger partial charge in [0.25, 0.3) is 0 Å². The first kappa shape index (κ1) is 13.2. The van der Waals surface area contributed by atoms with Crippen molar-refractivity contribution in [2.24, 2.45) is 4.99 Å². The second-order valence-corrected chi connectivity index (χ2v) is 3.92. The minimum absolute atomic E-state index is 0.237. The molecule has 5 nitrogen and oxygen atoms in total. The molecule has 0 aromatic rings.